The minimum atomic E-state index is -0.746. The van der Waals surface area contributed by atoms with Crippen molar-refractivity contribution in [1.82, 2.24) is 0 Å². The molecule has 0 radical (unpaired) electrons. The van der Waals surface area contributed by atoms with Crippen molar-refractivity contribution in [2.75, 3.05) is 0 Å². The van der Waals surface area contributed by atoms with E-state index in [0.29, 0.717) is 11.3 Å². The molecule has 1 aliphatic rings. The molecule has 20 heavy (non-hydrogen) atoms. The fourth-order valence-electron chi connectivity index (χ4n) is 2.63. The van der Waals surface area contributed by atoms with E-state index in [0.717, 1.165) is 11.1 Å². The maximum Gasteiger partial charge on any atom is 0.170 e. The van der Waals surface area contributed by atoms with E-state index in [-0.39, 0.29) is 12.2 Å². The maximum atomic E-state index is 13.3. The first-order valence-electron chi connectivity index (χ1n) is 6.57. The van der Waals surface area contributed by atoms with Crippen LogP contribution in [-0.2, 0) is 5.60 Å². The smallest absolute Gasteiger partial charge is 0.170 e. The van der Waals surface area contributed by atoms with Gasteiger partial charge in [0.1, 0.15) is 17.2 Å². The van der Waals surface area contributed by atoms with Crippen LogP contribution in [0, 0.1) is 12.7 Å². The Kier molecular flexibility index (Phi) is 2.85. The van der Waals surface area contributed by atoms with E-state index in [9.17, 15) is 9.18 Å². The third kappa shape index (κ3) is 2.09. The van der Waals surface area contributed by atoms with Crippen molar-refractivity contribution in [1.29, 1.82) is 0 Å². The van der Waals surface area contributed by atoms with Crippen LogP contribution in [0.15, 0.2) is 42.5 Å². The fraction of sp³-hybridized carbons (Fsp3) is 0.235. The van der Waals surface area contributed by atoms with Gasteiger partial charge in [-0.1, -0.05) is 29.8 Å². The van der Waals surface area contributed by atoms with Crippen molar-refractivity contribution in [2.45, 2.75) is 25.9 Å². The molecular weight excluding hydrogens is 255 g/mol. The summed E-state index contributed by atoms with van der Waals surface area (Å²) in [4.78, 5) is 12.3. The summed E-state index contributed by atoms with van der Waals surface area (Å²) in [5, 5.41) is 0. The number of halogens is 1. The van der Waals surface area contributed by atoms with E-state index in [1.807, 2.05) is 38.1 Å². The molecular formula is C17H15FO2. The van der Waals surface area contributed by atoms with Crippen LogP contribution in [-0.4, -0.2) is 5.78 Å². The van der Waals surface area contributed by atoms with Crippen LogP contribution >= 0.6 is 0 Å². The van der Waals surface area contributed by atoms with Crippen molar-refractivity contribution < 1.29 is 13.9 Å². The molecule has 0 aliphatic carbocycles. The van der Waals surface area contributed by atoms with Gasteiger partial charge in [0.2, 0.25) is 0 Å². The van der Waals surface area contributed by atoms with Crippen molar-refractivity contribution in [3.8, 4) is 5.75 Å². The van der Waals surface area contributed by atoms with Gasteiger partial charge in [-0.3, -0.25) is 4.79 Å². The molecule has 102 valence electrons. The third-order valence-corrected chi connectivity index (χ3v) is 3.71. The number of hydrogen-bond donors (Lipinski definition) is 0. The quantitative estimate of drug-likeness (QED) is 0.782. The predicted molar refractivity (Wildman–Crippen MR) is 74.5 cm³/mol. The number of ketones is 1. The van der Waals surface area contributed by atoms with Crippen molar-refractivity contribution in [3.05, 3.63) is 65.0 Å². The lowest BCUT2D eigenvalue weighted by atomic mass is 9.85. The molecule has 0 spiro atoms. The van der Waals surface area contributed by atoms with Crippen LogP contribution < -0.4 is 4.74 Å². The molecule has 0 aromatic heterocycles. The van der Waals surface area contributed by atoms with E-state index in [2.05, 4.69) is 0 Å². The molecule has 1 heterocycles. The largest absolute Gasteiger partial charge is 0.482 e. The van der Waals surface area contributed by atoms with Gasteiger partial charge >= 0.3 is 0 Å². The summed E-state index contributed by atoms with van der Waals surface area (Å²) >= 11 is 0. The van der Waals surface area contributed by atoms with Crippen LogP contribution in [0.1, 0.15) is 34.8 Å². The van der Waals surface area contributed by atoms with Crippen molar-refractivity contribution >= 4 is 5.78 Å². The highest BCUT2D eigenvalue weighted by atomic mass is 19.1. The zero-order valence-corrected chi connectivity index (χ0v) is 11.4. The Morgan fingerprint density at radius 3 is 2.75 bits per heavy atom. The second-order valence-electron chi connectivity index (χ2n) is 5.44. The highest BCUT2D eigenvalue weighted by Gasteiger charge is 2.38. The Hall–Kier alpha value is -2.16. The van der Waals surface area contributed by atoms with E-state index in [4.69, 9.17) is 4.74 Å². The summed E-state index contributed by atoms with van der Waals surface area (Å²) in [6.45, 7) is 3.86. The molecule has 0 fully saturated rings. The Bertz CT molecular complexity index is 693. The number of rotatable bonds is 1. The summed E-state index contributed by atoms with van der Waals surface area (Å²) < 4.78 is 19.3. The first-order valence-corrected chi connectivity index (χ1v) is 6.57. The van der Waals surface area contributed by atoms with Crippen LogP contribution in [0.5, 0.6) is 5.75 Å². The molecule has 0 N–H and O–H groups in total. The molecule has 1 unspecified atom stereocenters. The van der Waals surface area contributed by atoms with Gasteiger partial charge in [0.15, 0.2) is 5.78 Å². The minimum Gasteiger partial charge on any atom is -0.482 e. The molecule has 1 aliphatic heterocycles. The molecule has 2 aromatic carbocycles. The number of fused-ring (bicyclic) bond motifs is 1. The number of ether oxygens (including phenoxy) is 1. The molecule has 0 saturated heterocycles. The van der Waals surface area contributed by atoms with Gasteiger partial charge in [-0.15, -0.1) is 0 Å². The van der Waals surface area contributed by atoms with E-state index in [1.165, 1.54) is 18.2 Å². The van der Waals surface area contributed by atoms with Gasteiger partial charge in [-0.25, -0.2) is 4.39 Å². The minimum absolute atomic E-state index is 0.0183. The van der Waals surface area contributed by atoms with Gasteiger partial charge in [0.05, 0.1) is 12.0 Å². The fourth-order valence-corrected chi connectivity index (χ4v) is 2.63. The molecule has 3 heteroatoms. The number of aryl methyl sites for hydroxylation is 1. The monoisotopic (exact) mass is 270 g/mol. The van der Waals surface area contributed by atoms with Crippen LogP contribution in [0.2, 0.25) is 0 Å². The maximum absolute atomic E-state index is 13.3. The number of benzene rings is 2. The Morgan fingerprint density at radius 2 is 2.00 bits per heavy atom. The van der Waals surface area contributed by atoms with Crippen LogP contribution in [0.3, 0.4) is 0 Å². The van der Waals surface area contributed by atoms with Crippen LogP contribution in [0.4, 0.5) is 4.39 Å². The zero-order valence-electron chi connectivity index (χ0n) is 11.4. The van der Waals surface area contributed by atoms with Gasteiger partial charge in [0.25, 0.3) is 0 Å². The molecule has 1 atom stereocenters. The lowest BCUT2D eigenvalue weighted by Crippen LogP contribution is -2.36. The molecule has 2 nitrogen and oxygen atoms in total. The zero-order chi connectivity index (χ0) is 14.3. The first kappa shape index (κ1) is 12.9. The van der Waals surface area contributed by atoms with Gasteiger partial charge < -0.3 is 4.74 Å². The van der Waals surface area contributed by atoms with E-state index >= 15 is 0 Å². The van der Waals surface area contributed by atoms with Gasteiger partial charge in [-0.05, 0) is 31.5 Å². The van der Waals surface area contributed by atoms with Gasteiger partial charge in [0, 0.05) is 6.07 Å². The average Bonchev–Trinajstić information content (AvgIpc) is 2.38. The summed E-state index contributed by atoms with van der Waals surface area (Å²) in [6, 6.07) is 11.9. The highest BCUT2D eigenvalue weighted by molar-refractivity contribution is 6.00. The second-order valence-corrected chi connectivity index (χ2v) is 5.44. The normalized spacial score (nSPS) is 21.2. The predicted octanol–water partition coefficient (Wildman–Crippen LogP) is 4.01. The molecule has 3 rings (SSSR count). The Morgan fingerprint density at radius 1 is 1.20 bits per heavy atom. The van der Waals surface area contributed by atoms with Crippen molar-refractivity contribution in [2.24, 2.45) is 0 Å². The SMILES string of the molecule is Cc1cccc(C2(C)CC(=O)c3ccc(F)cc3O2)c1. The molecule has 0 bridgehead atoms. The summed E-state index contributed by atoms with van der Waals surface area (Å²) in [5.41, 5.74) is 1.74. The highest BCUT2D eigenvalue weighted by Crippen LogP contribution is 2.39. The summed E-state index contributed by atoms with van der Waals surface area (Å²) in [5.74, 6) is -0.0921. The summed E-state index contributed by atoms with van der Waals surface area (Å²) in [7, 11) is 0. The molecule has 2 aromatic rings. The lowest BCUT2D eigenvalue weighted by Gasteiger charge is -2.35. The average molecular weight is 270 g/mol. The van der Waals surface area contributed by atoms with Crippen LogP contribution in [0.25, 0.3) is 0 Å². The standard InChI is InChI=1S/C17H15FO2/c1-11-4-3-5-12(8-11)17(2)10-15(19)14-7-6-13(18)9-16(14)20-17/h3-9H,10H2,1-2H3. The van der Waals surface area contributed by atoms with E-state index < -0.39 is 11.4 Å². The van der Waals surface area contributed by atoms with Gasteiger partial charge in [-0.2, -0.15) is 0 Å². The molecule has 0 amide bonds. The van der Waals surface area contributed by atoms with E-state index in [1.54, 1.807) is 0 Å². The molecule has 0 saturated carbocycles. The second kappa shape index (κ2) is 4.44. The number of hydrogen-bond acceptors (Lipinski definition) is 2. The Balaban J connectivity index is 2.07. The lowest BCUT2D eigenvalue weighted by molar-refractivity contribution is 0.0501. The Labute approximate surface area is 117 Å². The topological polar surface area (TPSA) is 26.3 Å². The number of carbonyl (C=O) groups excluding carboxylic acids is 1. The van der Waals surface area contributed by atoms with Crippen molar-refractivity contribution in [3.63, 3.8) is 0 Å². The first-order chi connectivity index (χ1) is 9.48. The number of carbonyl (C=O) groups is 1. The number of Topliss-reactive ketones (excluding diaryl/α,β-unsaturated/α-hetero) is 1. The summed E-state index contributed by atoms with van der Waals surface area (Å²) in [6.07, 6.45) is 0.259. The third-order valence-electron chi connectivity index (χ3n) is 3.71.